The van der Waals surface area contributed by atoms with E-state index in [1.165, 1.54) is 4.90 Å². The molecule has 1 saturated carbocycles. The summed E-state index contributed by atoms with van der Waals surface area (Å²) in [4.78, 5) is 28.9. The molecule has 1 fully saturated rings. The van der Waals surface area contributed by atoms with Gasteiger partial charge in [-0.2, -0.15) is 0 Å². The summed E-state index contributed by atoms with van der Waals surface area (Å²) in [6, 6.07) is 6.49. The van der Waals surface area contributed by atoms with Gasteiger partial charge in [-0.05, 0) is 64.3 Å². The van der Waals surface area contributed by atoms with Gasteiger partial charge in [0.2, 0.25) is 0 Å². The molecule has 1 aromatic heterocycles. The fraction of sp³-hybridized carbons (Fsp3) is 0.500. The zero-order chi connectivity index (χ0) is 20.6. The molecule has 2 amide bonds. The monoisotopic (exact) mass is 406 g/mol. The summed E-state index contributed by atoms with van der Waals surface area (Å²) < 4.78 is 0. The highest BCUT2D eigenvalue weighted by Crippen LogP contribution is 2.28. The highest BCUT2D eigenvalue weighted by Gasteiger charge is 2.38. The van der Waals surface area contributed by atoms with Gasteiger partial charge in [0.25, 0.3) is 5.91 Å². The maximum Gasteiger partial charge on any atom is 0.407 e. The van der Waals surface area contributed by atoms with Crippen molar-refractivity contribution in [1.82, 2.24) is 15.2 Å². The lowest BCUT2D eigenvalue weighted by molar-refractivity contribution is 0.0481. The second-order valence-electron chi connectivity index (χ2n) is 8.45. The Morgan fingerprint density at radius 1 is 1.29 bits per heavy atom. The lowest BCUT2D eigenvalue weighted by Crippen LogP contribution is -2.59. The van der Waals surface area contributed by atoms with Crippen molar-refractivity contribution in [2.75, 3.05) is 0 Å². The predicted molar refractivity (Wildman–Crippen MR) is 110 cm³/mol. The molecular weight excluding hydrogens is 380 g/mol. The number of rotatable bonds is 3. The Morgan fingerprint density at radius 3 is 2.61 bits per heavy atom. The topological polar surface area (TPSA) is 111 Å². The molecule has 28 heavy (non-hydrogen) atoms. The number of aromatic nitrogens is 1. The quantitative estimate of drug-likeness (QED) is 0.624. The van der Waals surface area contributed by atoms with E-state index >= 15 is 0 Å². The zero-order valence-corrected chi connectivity index (χ0v) is 17.1. The summed E-state index contributed by atoms with van der Waals surface area (Å²) in [5.41, 5.74) is 7.10. The number of amides is 2. The van der Waals surface area contributed by atoms with Gasteiger partial charge in [0, 0.05) is 39.6 Å². The van der Waals surface area contributed by atoms with Crippen molar-refractivity contribution in [3.8, 4) is 0 Å². The lowest BCUT2D eigenvalue weighted by atomic mass is 9.84. The number of nitrogens with two attached hydrogens (primary N) is 1. The van der Waals surface area contributed by atoms with Crippen LogP contribution < -0.4 is 11.1 Å². The third-order valence-corrected chi connectivity index (χ3v) is 5.54. The van der Waals surface area contributed by atoms with E-state index < -0.39 is 11.6 Å². The van der Waals surface area contributed by atoms with Gasteiger partial charge in [0.05, 0.1) is 0 Å². The average molecular weight is 407 g/mol. The third kappa shape index (κ3) is 4.25. The normalized spacial score (nSPS) is 22.8. The van der Waals surface area contributed by atoms with Gasteiger partial charge in [-0.25, -0.2) is 4.79 Å². The van der Waals surface area contributed by atoms with Crippen LogP contribution in [0.3, 0.4) is 0 Å². The molecule has 0 bridgehead atoms. The minimum Gasteiger partial charge on any atom is -0.465 e. The second kappa shape index (κ2) is 7.64. The van der Waals surface area contributed by atoms with E-state index in [1.807, 2.05) is 26.8 Å². The largest absolute Gasteiger partial charge is 0.465 e. The molecule has 0 aliphatic heterocycles. The van der Waals surface area contributed by atoms with E-state index in [-0.39, 0.29) is 24.0 Å². The molecule has 0 saturated heterocycles. The van der Waals surface area contributed by atoms with Crippen molar-refractivity contribution in [2.45, 2.75) is 63.7 Å². The summed E-state index contributed by atoms with van der Waals surface area (Å²) in [5, 5.41) is 14.1. The fourth-order valence-corrected chi connectivity index (χ4v) is 4.24. The third-order valence-electron chi connectivity index (χ3n) is 5.31. The van der Waals surface area contributed by atoms with Crippen LogP contribution in [0.5, 0.6) is 0 Å². The summed E-state index contributed by atoms with van der Waals surface area (Å²) in [5.74, 6) is -0.225. The number of H-pyrrole nitrogens is 1. The smallest absolute Gasteiger partial charge is 0.407 e. The first-order chi connectivity index (χ1) is 13.1. The lowest BCUT2D eigenvalue weighted by Gasteiger charge is -2.44. The van der Waals surface area contributed by atoms with Crippen LogP contribution in [-0.4, -0.2) is 50.7 Å². The van der Waals surface area contributed by atoms with Crippen molar-refractivity contribution in [2.24, 2.45) is 5.73 Å². The van der Waals surface area contributed by atoms with Gasteiger partial charge in [-0.15, -0.1) is 0 Å². The number of hydrogen-bond acceptors (Lipinski definition) is 3. The minimum absolute atomic E-state index is 0.157. The van der Waals surface area contributed by atoms with Gasteiger partial charge in [-0.3, -0.25) is 4.79 Å². The number of halogens is 1. The number of fused-ring (bicyclic) bond motifs is 1. The number of carbonyl (C=O) groups excluding carboxylic acids is 1. The van der Waals surface area contributed by atoms with E-state index in [2.05, 4.69) is 10.3 Å². The maximum absolute atomic E-state index is 12.7. The molecule has 3 atom stereocenters. The van der Waals surface area contributed by atoms with E-state index in [4.69, 9.17) is 17.3 Å². The Morgan fingerprint density at radius 2 is 2.00 bits per heavy atom. The van der Waals surface area contributed by atoms with Gasteiger partial charge >= 0.3 is 6.09 Å². The number of aromatic amines is 1. The number of carbonyl (C=O) groups is 2. The van der Waals surface area contributed by atoms with E-state index in [1.54, 1.807) is 18.2 Å². The number of benzene rings is 1. The molecule has 0 spiro atoms. The number of carboxylic acid groups (broad SMARTS) is 1. The van der Waals surface area contributed by atoms with Gasteiger partial charge in [-0.1, -0.05) is 11.6 Å². The van der Waals surface area contributed by atoms with Crippen molar-refractivity contribution in [3.63, 3.8) is 0 Å². The molecule has 1 aromatic carbocycles. The summed E-state index contributed by atoms with van der Waals surface area (Å²) in [7, 11) is 0. The van der Waals surface area contributed by atoms with Crippen LogP contribution in [0.1, 0.15) is 50.5 Å². The number of hydrogen-bond donors (Lipinski definition) is 4. The van der Waals surface area contributed by atoms with Crippen LogP contribution in [0, 0.1) is 0 Å². The first-order valence-corrected chi connectivity index (χ1v) is 9.81. The van der Waals surface area contributed by atoms with Crippen LogP contribution in [0.15, 0.2) is 24.3 Å². The van der Waals surface area contributed by atoms with Crippen molar-refractivity contribution >= 4 is 34.5 Å². The molecule has 5 N–H and O–H groups in total. The van der Waals surface area contributed by atoms with E-state index in [9.17, 15) is 14.7 Å². The van der Waals surface area contributed by atoms with E-state index in [0.717, 1.165) is 10.9 Å². The molecule has 0 radical (unpaired) electrons. The summed E-state index contributed by atoms with van der Waals surface area (Å²) >= 11 is 6.00. The van der Waals surface area contributed by atoms with Crippen LogP contribution in [0.4, 0.5) is 4.79 Å². The molecule has 2 aromatic rings. The second-order valence-corrected chi connectivity index (χ2v) is 8.89. The highest BCUT2D eigenvalue weighted by molar-refractivity contribution is 6.31. The van der Waals surface area contributed by atoms with Crippen LogP contribution in [0.25, 0.3) is 10.9 Å². The molecule has 3 rings (SSSR count). The molecule has 152 valence electrons. The Labute approximate surface area is 169 Å². The fourth-order valence-electron chi connectivity index (χ4n) is 4.06. The SMILES string of the molecule is CC(C)(C)N(C(=O)O)C1CC[C@H](NC(=O)c2cc3cc(Cl)ccc3[nH]2)[C@H](N)C1. The summed E-state index contributed by atoms with van der Waals surface area (Å²) in [6.07, 6.45) is 0.856. The first-order valence-electron chi connectivity index (χ1n) is 9.43. The van der Waals surface area contributed by atoms with Gasteiger partial charge in [0.15, 0.2) is 0 Å². The molecular formula is C20H27ClN4O3. The Bertz CT molecular complexity index is 889. The Hall–Kier alpha value is -2.25. The molecule has 7 nitrogen and oxygen atoms in total. The van der Waals surface area contributed by atoms with Gasteiger partial charge in [0.1, 0.15) is 5.69 Å². The number of nitrogens with one attached hydrogen (secondary N) is 2. The van der Waals surface area contributed by atoms with Crippen LogP contribution >= 0.6 is 11.6 Å². The minimum atomic E-state index is -0.941. The zero-order valence-electron chi connectivity index (χ0n) is 16.3. The van der Waals surface area contributed by atoms with Crippen molar-refractivity contribution < 1.29 is 14.7 Å². The van der Waals surface area contributed by atoms with Gasteiger partial charge < -0.3 is 26.0 Å². The maximum atomic E-state index is 12.7. The average Bonchev–Trinajstić information content (AvgIpc) is 2.98. The molecule has 1 unspecified atom stereocenters. The van der Waals surface area contributed by atoms with Crippen LogP contribution in [-0.2, 0) is 0 Å². The molecule has 1 heterocycles. The molecule has 8 heteroatoms. The highest BCUT2D eigenvalue weighted by atomic mass is 35.5. The van der Waals surface area contributed by atoms with Crippen LogP contribution in [0.2, 0.25) is 5.02 Å². The Kier molecular flexibility index (Phi) is 5.59. The Balaban J connectivity index is 1.67. The molecule has 1 aliphatic rings. The number of nitrogens with zero attached hydrogens (tertiary/aromatic N) is 1. The predicted octanol–water partition coefficient (Wildman–Crippen LogP) is 3.58. The van der Waals surface area contributed by atoms with Crippen molar-refractivity contribution in [1.29, 1.82) is 0 Å². The standard InChI is InChI=1S/C20H27ClN4O3/c1-20(2,3)25(19(27)28)13-5-7-16(14(22)10-13)24-18(26)17-9-11-8-12(21)4-6-15(11)23-17/h4,6,8-9,13-14,16,23H,5,7,10,22H2,1-3H3,(H,24,26)(H,27,28)/t13?,14-,16+/m1/s1. The molecule has 1 aliphatic carbocycles. The summed E-state index contributed by atoms with van der Waals surface area (Å²) in [6.45, 7) is 5.63. The van der Waals surface area contributed by atoms with E-state index in [0.29, 0.717) is 30.0 Å². The van der Waals surface area contributed by atoms with Crippen molar-refractivity contribution in [3.05, 3.63) is 35.0 Å². The first kappa shape index (κ1) is 20.5.